The molecule has 2 aromatic carbocycles. The van der Waals surface area contributed by atoms with Crippen molar-refractivity contribution in [2.45, 2.75) is 13.0 Å². The van der Waals surface area contributed by atoms with Gasteiger partial charge < -0.3 is 10.1 Å². The van der Waals surface area contributed by atoms with Crippen LogP contribution in [0.1, 0.15) is 12.5 Å². The normalized spacial score (nSPS) is 11.3. The molecule has 0 radical (unpaired) electrons. The van der Waals surface area contributed by atoms with E-state index in [1.807, 2.05) is 6.07 Å². The average Bonchev–Trinajstić information content (AvgIpc) is 2.50. The Bertz CT molecular complexity index is 677. The zero-order chi connectivity index (χ0) is 15.2. The van der Waals surface area contributed by atoms with E-state index >= 15 is 0 Å². The van der Waals surface area contributed by atoms with E-state index in [9.17, 15) is 9.18 Å². The van der Waals surface area contributed by atoms with Gasteiger partial charge in [0.25, 0.3) is 5.91 Å². The van der Waals surface area contributed by atoms with Crippen LogP contribution in [0.15, 0.2) is 48.5 Å². The third-order valence-electron chi connectivity index (χ3n) is 2.80. The van der Waals surface area contributed by atoms with Crippen molar-refractivity contribution in [3.8, 4) is 11.8 Å². The number of halogens is 1. The summed E-state index contributed by atoms with van der Waals surface area (Å²) in [5.74, 6) is -0.364. The fourth-order valence-electron chi connectivity index (χ4n) is 1.69. The number of amides is 1. The molecular formula is C16H13FN2O2. The number of nitrogens with zero attached hydrogens (tertiary/aromatic N) is 1. The van der Waals surface area contributed by atoms with Gasteiger partial charge in [0.2, 0.25) is 0 Å². The molecule has 0 aromatic heterocycles. The highest BCUT2D eigenvalue weighted by molar-refractivity contribution is 5.95. The van der Waals surface area contributed by atoms with Crippen LogP contribution in [0.5, 0.6) is 5.75 Å². The van der Waals surface area contributed by atoms with Crippen LogP contribution in [-0.2, 0) is 4.79 Å². The molecule has 2 aromatic rings. The first-order valence-corrected chi connectivity index (χ1v) is 6.32. The molecule has 0 bridgehead atoms. The number of nitriles is 1. The number of nitrogens with one attached hydrogen (secondary N) is 1. The first-order chi connectivity index (χ1) is 10.1. The molecule has 1 atom stereocenters. The fraction of sp³-hybridized carbons (Fsp3) is 0.125. The first-order valence-electron chi connectivity index (χ1n) is 6.32. The van der Waals surface area contributed by atoms with Crippen molar-refractivity contribution >= 4 is 11.6 Å². The van der Waals surface area contributed by atoms with E-state index in [-0.39, 0.29) is 11.7 Å². The lowest BCUT2D eigenvalue weighted by molar-refractivity contribution is -0.122. The summed E-state index contributed by atoms with van der Waals surface area (Å²) in [6, 6.07) is 14.1. The molecule has 4 nitrogen and oxygen atoms in total. The van der Waals surface area contributed by atoms with Gasteiger partial charge in [-0.05, 0) is 43.3 Å². The minimum atomic E-state index is -0.776. The Morgan fingerprint density at radius 1 is 1.24 bits per heavy atom. The Morgan fingerprint density at radius 2 is 1.90 bits per heavy atom. The summed E-state index contributed by atoms with van der Waals surface area (Å²) in [6.07, 6.45) is -0.776. The molecule has 21 heavy (non-hydrogen) atoms. The molecule has 0 heterocycles. The molecule has 0 unspecified atom stereocenters. The zero-order valence-corrected chi connectivity index (χ0v) is 11.3. The number of ether oxygens (including phenoxy) is 1. The number of para-hydroxylation sites is 1. The average molecular weight is 284 g/mol. The summed E-state index contributed by atoms with van der Waals surface area (Å²) in [5.41, 5.74) is 0.805. The molecule has 0 fully saturated rings. The van der Waals surface area contributed by atoms with Crippen LogP contribution in [0, 0.1) is 17.1 Å². The van der Waals surface area contributed by atoms with Crippen molar-refractivity contribution in [1.29, 1.82) is 5.26 Å². The van der Waals surface area contributed by atoms with E-state index in [2.05, 4.69) is 5.32 Å². The lowest BCUT2D eigenvalue weighted by Gasteiger charge is -2.15. The number of carbonyl (C=O) groups excluding carboxylic acids is 1. The zero-order valence-electron chi connectivity index (χ0n) is 11.3. The SMILES string of the molecule is C[C@@H](Oc1ccc(F)cc1)C(=O)Nc1ccccc1C#N. The maximum atomic E-state index is 12.8. The minimum Gasteiger partial charge on any atom is -0.481 e. The maximum absolute atomic E-state index is 12.8. The van der Waals surface area contributed by atoms with Crippen LogP contribution >= 0.6 is 0 Å². The fourth-order valence-corrected chi connectivity index (χ4v) is 1.69. The summed E-state index contributed by atoms with van der Waals surface area (Å²) in [5, 5.41) is 11.6. The van der Waals surface area contributed by atoms with Crippen LogP contribution in [-0.4, -0.2) is 12.0 Å². The number of carbonyl (C=O) groups is 1. The lowest BCUT2D eigenvalue weighted by Crippen LogP contribution is -2.30. The Balaban J connectivity index is 2.03. The highest BCUT2D eigenvalue weighted by Crippen LogP contribution is 2.16. The maximum Gasteiger partial charge on any atom is 0.265 e. The smallest absolute Gasteiger partial charge is 0.265 e. The Kier molecular flexibility index (Phi) is 4.52. The summed E-state index contributed by atoms with van der Waals surface area (Å²) in [4.78, 5) is 12.0. The van der Waals surface area contributed by atoms with Gasteiger partial charge in [-0.15, -0.1) is 0 Å². The molecule has 106 valence electrons. The number of hydrogen-bond donors (Lipinski definition) is 1. The van der Waals surface area contributed by atoms with Gasteiger partial charge in [-0.3, -0.25) is 4.79 Å². The molecule has 2 rings (SSSR count). The standard InChI is InChI=1S/C16H13FN2O2/c1-11(21-14-8-6-13(17)7-9-14)16(20)19-15-5-3-2-4-12(15)10-18/h2-9,11H,1H3,(H,19,20)/t11-/m1/s1. The van der Waals surface area contributed by atoms with Crippen molar-refractivity contribution in [2.24, 2.45) is 0 Å². The molecule has 0 saturated carbocycles. The van der Waals surface area contributed by atoms with Crippen molar-refractivity contribution in [3.63, 3.8) is 0 Å². The Labute approximate surface area is 121 Å². The molecule has 1 N–H and O–H groups in total. The van der Waals surface area contributed by atoms with Crippen LogP contribution < -0.4 is 10.1 Å². The summed E-state index contributed by atoms with van der Waals surface area (Å²) in [6.45, 7) is 1.58. The topological polar surface area (TPSA) is 62.1 Å². The van der Waals surface area contributed by atoms with E-state index in [0.717, 1.165) is 0 Å². The number of hydrogen-bond acceptors (Lipinski definition) is 3. The van der Waals surface area contributed by atoms with Gasteiger partial charge in [-0.25, -0.2) is 4.39 Å². The second kappa shape index (κ2) is 6.53. The van der Waals surface area contributed by atoms with Gasteiger partial charge in [-0.2, -0.15) is 5.26 Å². The molecule has 5 heteroatoms. The van der Waals surface area contributed by atoms with Gasteiger partial charge in [-0.1, -0.05) is 12.1 Å². The molecule has 0 aliphatic carbocycles. The first kappa shape index (κ1) is 14.5. The molecular weight excluding hydrogens is 271 g/mol. The molecule has 0 aliphatic rings. The van der Waals surface area contributed by atoms with Gasteiger partial charge in [0.05, 0.1) is 11.3 Å². The van der Waals surface area contributed by atoms with E-state index in [4.69, 9.17) is 10.00 Å². The van der Waals surface area contributed by atoms with Crippen molar-refractivity contribution in [3.05, 3.63) is 59.9 Å². The molecule has 1 amide bonds. The van der Waals surface area contributed by atoms with Gasteiger partial charge in [0.15, 0.2) is 6.10 Å². The third-order valence-corrected chi connectivity index (χ3v) is 2.80. The molecule has 0 saturated heterocycles. The minimum absolute atomic E-state index is 0.373. The van der Waals surface area contributed by atoms with E-state index in [0.29, 0.717) is 17.0 Å². The molecule has 0 aliphatic heterocycles. The van der Waals surface area contributed by atoms with Crippen molar-refractivity contribution < 1.29 is 13.9 Å². The van der Waals surface area contributed by atoms with Gasteiger partial charge in [0.1, 0.15) is 17.6 Å². The van der Waals surface area contributed by atoms with Crippen LogP contribution in [0.4, 0.5) is 10.1 Å². The van der Waals surface area contributed by atoms with E-state index in [1.165, 1.54) is 24.3 Å². The van der Waals surface area contributed by atoms with Crippen LogP contribution in [0.3, 0.4) is 0 Å². The summed E-state index contributed by atoms with van der Waals surface area (Å²) >= 11 is 0. The Morgan fingerprint density at radius 3 is 2.57 bits per heavy atom. The van der Waals surface area contributed by atoms with Crippen LogP contribution in [0.25, 0.3) is 0 Å². The summed E-state index contributed by atoms with van der Waals surface area (Å²) < 4.78 is 18.2. The number of benzene rings is 2. The third kappa shape index (κ3) is 3.80. The number of rotatable bonds is 4. The van der Waals surface area contributed by atoms with Gasteiger partial charge in [0, 0.05) is 0 Å². The van der Waals surface area contributed by atoms with E-state index < -0.39 is 6.10 Å². The van der Waals surface area contributed by atoms with Crippen molar-refractivity contribution in [2.75, 3.05) is 5.32 Å². The number of anilines is 1. The lowest BCUT2D eigenvalue weighted by atomic mass is 10.2. The summed E-state index contributed by atoms with van der Waals surface area (Å²) in [7, 11) is 0. The largest absolute Gasteiger partial charge is 0.481 e. The quantitative estimate of drug-likeness (QED) is 0.938. The predicted molar refractivity (Wildman–Crippen MR) is 76.3 cm³/mol. The van der Waals surface area contributed by atoms with Crippen molar-refractivity contribution in [1.82, 2.24) is 0 Å². The van der Waals surface area contributed by atoms with Crippen LogP contribution in [0.2, 0.25) is 0 Å². The second-order valence-corrected chi connectivity index (χ2v) is 4.36. The molecule has 0 spiro atoms. The highest BCUT2D eigenvalue weighted by atomic mass is 19.1. The predicted octanol–water partition coefficient (Wildman–Crippen LogP) is 3.10. The Hall–Kier alpha value is -2.87. The second-order valence-electron chi connectivity index (χ2n) is 4.36. The monoisotopic (exact) mass is 284 g/mol. The van der Waals surface area contributed by atoms with E-state index in [1.54, 1.807) is 31.2 Å². The highest BCUT2D eigenvalue weighted by Gasteiger charge is 2.16. The van der Waals surface area contributed by atoms with Gasteiger partial charge >= 0.3 is 0 Å².